The number of nitrogens with zero attached hydrogens (tertiary/aromatic N) is 4. The molecule has 1 unspecified atom stereocenters. The Hall–Kier alpha value is -2.69. The van der Waals surface area contributed by atoms with Crippen molar-refractivity contribution in [2.75, 3.05) is 31.6 Å². The van der Waals surface area contributed by atoms with Gasteiger partial charge >= 0.3 is 0 Å². The normalized spacial score (nSPS) is 20.7. The second-order valence-electron chi connectivity index (χ2n) is 7.27. The van der Waals surface area contributed by atoms with Crippen molar-refractivity contribution in [3.8, 4) is 23.1 Å². The monoisotopic (exact) mass is 365 g/mol. The minimum atomic E-state index is 0.0396. The lowest BCUT2D eigenvalue weighted by molar-refractivity contribution is -0.0710. The molecule has 0 saturated carbocycles. The van der Waals surface area contributed by atoms with Gasteiger partial charge in [-0.15, -0.1) is 10.2 Å². The molecule has 2 fully saturated rings. The van der Waals surface area contributed by atoms with Crippen LogP contribution < -0.4 is 5.32 Å². The van der Waals surface area contributed by atoms with Gasteiger partial charge < -0.3 is 15.2 Å². The zero-order chi connectivity index (χ0) is 18.8. The molecule has 1 aromatic carbocycles. The average molecular weight is 365 g/mol. The molecule has 4 rings (SSSR count). The molecular formula is C20H23N5O2. The van der Waals surface area contributed by atoms with Crippen molar-refractivity contribution in [2.45, 2.75) is 31.8 Å². The number of aromatic nitrogens is 2. The molecule has 2 saturated heterocycles. The fourth-order valence-electron chi connectivity index (χ4n) is 3.72. The van der Waals surface area contributed by atoms with E-state index in [0.29, 0.717) is 28.9 Å². The molecule has 2 aromatic rings. The minimum Gasteiger partial charge on any atom is -0.507 e. The summed E-state index contributed by atoms with van der Waals surface area (Å²) in [6, 6.07) is 9.71. The van der Waals surface area contributed by atoms with E-state index in [2.05, 4.69) is 20.4 Å². The van der Waals surface area contributed by atoms with E-state index >= 15 is 0 Å². The Morgan fingerprint density at radius 2 is 2.15 bits per heavy atom. The molecule has 2 aliphatic heterocycles. The fraction of sp³-hybridized carbons (Fsp3) is 0.450. The zero-order valence-corrected chi connectivity index (χ0v) is 15.4. The van der Waals surface area contributed by atoms with Crippen LogP contribution in [0.2, 0.25) is 0 Å². The molecule has 0 amide bonds. The average Bonchev–Trinajstić information content (AvgIpc) is 2.61. The summed E-state index contributed by atoms with van der Waals surface area (Å²) in [4.78, 5) is 2.49. The van der Waals surface area contributed by atoms with Gasteiger partial charge in [-0.1, -0.05) is 0 Å². The number of aromatic hydroxyl groups is 1. The molecule has 0 spiro atoms. The first-order valence-corrected chi connectivity index (χ1v) is 9.30. The predicted octanol–water partition coefficient (Wildman–Crippen LogP) is 2.30. The maximum Gasteiger partial charge on any atom is 0.149 e. The lowest BCUT2D eigenvalue weighted by Gasteiger charge is -2.42. The number of phenolic OH excluding ortho intramolecular Hbond substituents is 1. The van der Waals surface area contributed by atoms with Crippen LogP contribution in [0.5, 0.6) is 5.75 Å². The van der Waals surface area contributed by atoms with E-state index in [4.69, 9.17) is 10.00 Å². The van der Waals surface area contributed by atoms with Gasteiger partial charge in [-0.2, -0.15) is 5.26 Å². The van der Waals surface area contributed by atoms with Crippen molar-refractivity contribution in [1.29, 1.82) is 5.26 Å². The number of benzene rings is 1. The summed E-state index contributed by atoms with van der Waals surface area (Å²) in [7, 11) is 0. The quantitative estimate of drug-likeness (QED) is 0.858. The highest BCUT2D eigenvalue weighted by atomic mass is 16.5. The van der Waals surface area contributed by atoms with E-state index in [-0.39, 0.29) is 5.75 Å². The van der Waals surface area contributed by atoms with Crippen molar-refractivity contribution in [1.82, 2.24) is 15.1 Å². The van der Waals surface area contributed by atoms with E-state index in [1.165, 1.54) is 6.07 Å². The van der Waals surface area contributed by atoms with Gasteiger partial charge in [0, 0.05) is 18.2 Å². The van der Waals surface area contributed by atoms with Crippen molar-refractivity contribution in [2.24, 2.45) is 0 Å². The van der Waals surface area contributed by atoms with Gasteiger partial charge in [0.1, 0.15) is 11.6 Å². The maximum atomic E-state index is 10.2. The summed E-state index contributed by atoms with van der Waals surface area (Å²) >= 11 is 0. The molecule has 27 heavy (non-hydrogen) atoms. The van der Waals surface area contributed by atoms with Crippen LogP contribution in [0.25, 0.3) is 11.3 Å². The molecule has 7 nitrogen and oxygen atoms in total. The largest absolute Gasteiger partial charge is 0.507 e. The van der Waals surface area contributed by atoms with E-state index in [1.54, 1.807) is 12.1 Å². The molecule has 1 atom stereocenters. The Morgan fingerprint density at radius 3 is 2.81 bits per heavy atom. The third-order valence-corrected chi connectivity index (χ3v) is 5.31. The smallest absolute Gasteiger partial charge is 0.149 e. The summed E-state index contributed by atoms with van der Waals surface area (Å²) < 4.78 is 5.31. The van der Waals surface area contributed by atoms with Crippen molar-refractivity contribution >= 4 is 5.82 Å². The molecule has 2 aliphatic rings. The Balaban J connectivity index is 1.48. The number of hydrogen-bond acceptors (Lipinski definition) is 7. The third-order valence-electron chi connectivity index (χ3n) is 5.31. The van der Waals surface area contributed by atoms with Crippen molar-refractivity contribution in [3.63, 3.8) is 0 Å². The van der Waals surface area contributed by atoms with Gasteiger partial charge in [0.2, 0.25) is 0 Å². The van der Waals surface area contributed by atoms with E-state index in [9.17, 15) is 5.11 Å². The van der Waals surface area contributed by atoms with Crippen LogP contribution in [-0.4, -0.2) is 58.6 Å². The summed E-state index contributed by atoms with van der Waals surface area (Å²) in [5, 5.41) is 31.3. The number of rotatable bonds is 4. The third kappa shape index (κ3) is 3.72. The molecule has 2 N–H and O–H groups in total. The topological polar surface area (TPSA) is 94.3 Å². The number of likely N-dealkylation sites (tertiary alicyclic amines) is 1. The summed E-state index contributed by atoms with van der Waals surface area (Å²) in [5.41, 5.74) is 2.55. The molecular weight excluding hydrogens is 342 g/mol. The van der Waals surface area contributed by atoms with Crippen LogP contribution in [0.15, 0.2) is 24.3 Å². The highest BCUT2D eigenvalue weighted by Gasteiger charge is 2.30. The first-order chi connectivity index (χ1) is 13.1. The highest BCUT2D eigenvalue weighted by molar-refractivity contribution is 5.71. The van der Waals surface area contributed by atoms with Crippen LogP contribution in [0, 0.1) is 18.3 Å². The molecule has 7 heteroatoms. The van der Waals surface area contributed by atoms with Crippen LogP contribution in [0.3, 0.4) is 0 Å². The molecule has 0 radical (unpaired) electrons. The molecule has 0 bridgehead atoms. The van der Waals surface area contributed by atoms with Crippen LogP contribution in [0.4, 0.5) is 5.82 Å². The number of anilines is 1. The van der Waals surface area contributed by atoms with Crippen LogP contribution in [0.1, 0.15) is 24.0 Å². The minimum absolute atomic E-state index is 0.0396. The number of aryl methyl sites for hydroxylation is 1. The number of nitrogens with one attached hydrogen (secondary N) is 1. The first-order valence-electron chi connectivity index (χ1n) is 9.30. The van der Waals surface area contributed by atoms with Gasteiger partial charge in [0.25, 0.3) is 0 Å². The van der Waals surface area contributed by atoms with Gasteiger partial charge in [0.05, 0.1) is 36.6 Å². The Morgan fingerprint density at radius 1 is 1.30 bits per heavy atom. The zero-order valence-electron chi connectivity index (χ0n) is 15.4. The second-order valence-corrected chi connectivity index (χ2v) is 7.27. The molecule has 0 aliphatic carbocycles. The standard InChI is InChI=1S/C20H23N5O2/c1-13-7-19(22-15-3-2-6-25(10-15)16-11-27-12-16)23-24-20(13)17-5-4-14(9-21)8-18(17)26/h4-5,7-8,15-16,26H,2-3,6,10-12H2,1H3,(H,22,23). The number of nitriles is 1. The van der Waals surface area contributed by atoms with Gasteiger partial charge in [0.15, 0.2) is 0 Å². The fourth-order valence-corrected chi connectivity index (χ4v) is 3.72. The van der Waals surface area contributed by atoms with Crippen molar-refractivity contribution in [3.05, 3.63) is 35.4 Å². The SMILES string of the molecule is Cc1cc(NC2CCCN(C3COC3)C2)nnc1-c1ccc(C#N)cc1O. The van der Waals surface area contributed by atoms with Gasteiger partial charge in [-0.3, -0.25) is 4.90 Å². The first kappa shape index (κ1) is 17.7. The molecule has 3 heterocycles. The Labute approximate surface area is 158 Å². The summed E-state index contributed by atoms with van der Waals surface area (Å²) in [6.45, 7) is 5.76. The Kier molecular flexibility index (Phi) is 4.92. The lowest BCUT2D eigenvalue weighted by Crippen LogP contribution is -2.54. The number of phenols is 1. The number of hydrogen-bond donors (Lipinski definition) is 2. The maximum absolute atomic E-state index is 10.2. The molecule has 140 valence electrons. The van der Waals surface area contributed by atoms with Gasteiger partial charge in [-0.05, 0) is 56.1 Å². The van der Waals surface area contributed by atoms with E-state index < -0.39 is 0 Å². The summed E-state index contributed by atoms with van der Waals surface area (Å²) in [6.07, 6.45) is 2.28. The number of piperidine rings is 1. The number of ether oxygens (including phenoxy) is 1. The predicted molar refractivity (Wildman–Crippen MR) is 101 cm³/mol. The highest BCUT2D eigenvalue weighted by Crippen LogP contribution is 2.31. The second kappa shape index (κ2) is 7.51. The van der Waals surface area contributed by atoms with Gasteiger partial charge in [-0.25, -0.2) is 0 Å². The lowest BCUT2D eigenvalue weighted by atomic mass is 10.0. The molecule has 1 aromatic heterocycles. The summed E-state index contributed by atoms with van der Waals surface area (Å²) in [5.74, 6) is 0.791. The van der Waals surface area contributed by atoms with E-state index in [0.717, 1.165) is 50.5 Å². The van der Waals surface area contributed by atoms with E-state index in [1.807, 2.05) is 19.1 Å². The van der Waals surface area contributed by atoms with Crippen LogP contribution in [-0.2, 0) is 4.74 Å². The van der Waals surface area contributed by atoms with Crippen molar-refractivity contribution < 1.29 is 9.84 Å². The van der Waals surface area contributed by atoms with Crippen LogP contribution >= 0.6 is 0 Å². The Bertz CT molecular complexity index is 875.